The number of ether oxygens (including phenoxy) is 1. The second-order valence-corrected chi connectivity index (χ2v) is 8.53. The molecule has 5 nitrogen and oxygen atoms in total. The maximum atomic E-state index is 14.0. The summed E-state index contributed by atoms with van der Waals surface area (Å²) in [6.45, 7) is 6.92. The lowest BCUT2D eigenvalue weighted by Gasteiger charge is -2.34. The lowest BCUT2D eigenvalue weighted by atomic mass is 10.0. The Morgan fingerprint density at radius 1 is 1.10 bits per heavy atom. The van der Waals surface area contributed by atoms with Crippen LogP contribution in [-0.2, 0) is 4.79 Å². The zero-order valence-corrected chi connectivity index (χ0v) is 18.8. The highest BCUT2D eigenvalue weighted by molar-refractivity contribution is 6.33. The number of hydrogen-bond acceptors (Lipinski definition) is 3. The standard InChI is InChI=1S/C24H28ClFN2O3/c1-15(2)18-7-4-5-10-21(18)31-16(3)24(30)28-13-11-17(12-14-28)27-23(29)22-19(25)8-6-9-20(22)26/h4-10,15-17H,11-14H2,1-3H3,(H,27,29). The molecule has 166 valence electrons. The van der Waals surface area contributed by atoms with Gasteiger partial charge in [0.1, 0.15) is 11.6 Å². The maximum absolute atomic E-state index is 14.0. The third kappa shape index (κ3) is 5.56. The Labute approximate surface area is 187 Å². The lowest BCUT2D eigenvalue weighted by Crippen LogP contribution is -2.49. The van der Waals surface area contributed by atoms with E-state index in [4.69, 9.17) is 16.3 Å². The second kappa shape index (κ2) is 10.1. The molecular weight excluding hydrogens is 419 g/mol. The van der Waals surface area contributed by atoms with Crippen molar-refractivity contribution < 1.29 is 18.7 Å². The van der Waals surface area contributed by atoms with Crippen LogP contribution in [0.1, 0.15) is 55.5 Å². The predicted molar refractivity (Wildman–Crippen MR) is 119 cm³/mol. The van der Waals surface area contributed by atoms with E-state index in [0.717, 1.165) is 11.3 Å². The van der Waals surface area contributed by atoms with E-state index in [0.29, 0.717) is 31.8 Å². The van der Waals surface area contributed by atoms with Crippen LogP contribution in [0.15, 0.2) is 42.5 Å². The maximum Gasteiger partial charge on any atom is 0.263 e. The van der Waals surface area contributed by atoms with Gasteiger partial charge in [-0.15, -0.1) is 0 Å². The van der Waals surface area contributed by atoms with Crippen LogP contribution in [0.3, 0.4) is 0 Å². The summed E-state index contributed by atoms with van der Waals surface area (Å²) >= 11 is 5.97. The molecule has 2 amide bonds. The van der Waals surface area contributed by atoms with Gasteiger partial charge in [0.2, 0.25) is 0 Å². The molecule has 0 aliphatic carbocycles. The van der Waals surface area contributed by atoms with Crippen molar-refractivity contribution >= 4 is 23.4 Å². The molecule has 0 bridgehead atoms. The van der Waals surface area contributed by atoms with Gasteiger partial charge in [0.15, 0.2) is 6.10 Å². The summed E-state index contributed by atoms with van der Waals surface area (Å²) in [6.07, 6.45) is 0.556. The molecule has 1 aliphatic rings. The minimum Gasteiger partial charge on any atom is -0.481 e. The number of nitrogens with zero attached hydrogens (tertiary/aromatic N) is 1. The van der Waals surface area contributed by atoms with Crippen molar-refractivity contribution in [1.82, 2.24) is 10.2 Å². The fourth-order valence-corrected chi connectivity index (χ4v) is 4.03. The highest BCUT2D eigenvalue weighted by Gasteiger charge is 2.29. The van der Waals surface area contributed by atoms with Gasteiger partial charge in [0.25, 0.3) is 11.8 Å². The van der Waals surface area contributed by atoms with Crippen LogP contribution >= 0.6 is 11.6 Å². The first-order valence-electron chi connectivity index (χ1n) is 10.6. The molecule has 1 N–H and O–H groups in total. The summed E-state index contributed by atoms with van der Waals surface area (Å²) < 4.78 is 19.9. The topological polar surface area (TPSA) is 58.6 Å². The van der Waals surface area contributed by atoms with Crippen molar-refractivity contribution in [3.05, 3.63) is 64.4 Å². The second-order valence-electron chi connectivity index (χ2n) is 8.12. The number of benzene rings is 2. The number of rotatable bonds is 6. The van der Waals surface area contributed by atoms with Gasteiger partial charge < -0.3 is 15.0 Å². The zero-order chi connectivity index (χ0) is 22.5. The highest BCUT2D eigenvalue weighted by atomic mass is 35.5. The number of likely N-dealkylation sites (tertiary alicyclic amines) is 1. The van der Waals surface area contributed by atoms with Gasteiger partial charge in [0, 0.05) is 19.1 Å². The quantitative estimate of drug-likeness (QED) is 0.694. The smallest absolute Gasteiger partial charge is 0.263 e. The Morgan fingerprint density at radius 3 is 2.42 bits per heavy atom. The largest absolute Gasteiger partial charge is 0.481 e. The van der Waals surface area contributed by atoms with Crippen LogP contribution in [0.5, 0.6) is 5.75 Å². The van der Waals surface area contributed by atoms with E-state index in [1.807, 2.05) is 24.3 Å². The third-order valence-corrected chi connectivity index (χ3v) is 5.84. The number of carbonyl (C=O) groups excluding carboxylic acids is 2. The molecule has 1 unspecified atom stereocenters. The van der Waals surface area contributed by atoms with E-state index in [9.17, 15) is 14.0 Å². The molecule has 3 rings (SSSR count). The number of hydrogen-bond donors (Lipinski definition) is 1. The van der Waals surface area contributed by atoms with Crippen LogP contribution in [0.2, 0.25) is 5.02 Å². The highest BCUT2D eigenvalue weighted by Crippen LogP contribution is 2.27. The van der Waals surface area contributed by atoms with Gasteiger partial charge in [0.05, 0.1) is 10.6 Å². The summed E-state index contributed by atoms with van der Waals surface area (Å²) in [7, 11) is 0. The predicted octanol–water partition coefficient (Wildman–Crippen LogP) is 4.79. The number of halogens is 2. The molecule has 1 atom stereocenters. The van der Waals surface area contributed by atoms with Gasteiger partial charge in [-0.2, -0.15) is 0 Å². The SMILES string of the molecule is CC(Oc1ccccc1C(C)C)C(=O)N1CCC(NC(=O)c2c(F)cccc2Cl)CC1. The van der Waals surface area contributed by atoms with E-state index in [-0.39, 0.29) is 22.5 Å². The molecular formula is C24H28ClFN2O3. The van der Waals surface area contributed by atoms with Crippen molar-refractivity contribution in [2.24, 2.45) is 0 Å². The molecule has 0 radical (unpaired) electrons. The van der Waals surface area contributed by atoms with Gasteiger partial charge in [-0.05, 0) is 49.4 Å². The molecule has 0 saturated carbocycles. The number of para-hydroxylation sites is 1. The van der Waals surface area contributed by atoms with Crippen LogP contribution in [-0.4, -0.2) is 41.9 Å². The summed E-state index contributed by atoms with van der Waals surface area (Å²) in [5, 5.41) is 2.91. The fraction of sp³-hybridized carbons (Fsp3) is 0.417. The van der Waals surface area contributed by atoms with Crippen molar-refractivity contribution in [2.75, 3.05) is 13.1 Å². The first-order valence-corrected chi connectivity index (χ1v) is 10.9. The van der Waals surface area contributed by atoms with Crippen molar-refractivity contribution in [3.8, 4) is 5.75 Å². The Bertz CT molecular complexity index is 922. The van der Waals surface area contributed by atoms with E-state index < -0.39 is 17.8 Å². The number of piperidine rings is 1. The molecule has 2 aromatic carbocycles. The van der Waals surface area contributed by atoms with Gasteiger partial charge in [-0.25, -0.2) is 4.39 Å². The van der Waals surface area contributed by atoms with Gasteiger partial charge >= 0.3 is 0 Å². The number of nitrogens with one attached hydrogen (secondary N) is 1. The van der Waals surface area contributed by atoms with E-state index in [1.54, 1.807) is 11.8 Å². The summed E-state index contributed by atoms with van der Waals surface area (Å²) in [5.74, 6) is -0.247. The first-order chi connectivity index (χ1) is 14.8. The summed E-state index contributed by atoms with van der Waals surface area (Å²) in [4.78, 5) is 27.1. The van der Waals surface area contributed by atoms with E-state index in [1.165, 1.54) is 18.2 Å². The molecule has 0 spiro atoms. The molecule has 1 fully saturated rings. The van der Waals surface area contributed by atoms with Crippen LogP contribution in [0, 0.1) is 5.82 Å². The van der Waals surface area contributed by atoms with Crippen LogP contribution < -0.4 is 10.1 Å². The Morgan fingerprint density at radius 2 is 1.77 bits per heavy atom. The van der Waals surface area contributed by atoms with E-state index in [2.05, 4.69) is 19.2 Å². The van der Waals surface area contributed by atoms with Crippen LogP contribution in [0.25, 0.3) is 0 Å². The van der Waals surface area contributed by atoms with Gasteiger partial charge in [-0.3, -0.25) is 9.59 Å². The molecule has 0 aromatic heterocycles. The number of amides is 2. The Kier molecular flexibility index (Phi) is 7.55. The monoisotopic (exact) mass is 446 g/mol. The van der Waals surface area contributed by atoms with Crippen LogP contribution in [0.4, 0.5) is 4.39 Å². The Balaban J connectivity index is 1.54. The fourth-order valence-electron chi connectivity index (χ4n) is 3.78. The average molecular weight is 447 g/mol. The molecule has 2 aromatic rings. The minimum atomic E-state index is -0.648. The zero-order valence-electron chi connectivity index (χ0n) is 18.0. The molecule has 1 heterocycles. The third-order valence-electron chi connectivity index (χ3n) is 5.52. The summed E-state index contributed by atoms with van der Waals surface area (Å²) in [5.41, 5.74) is 0.920. The van der Waals surface area contributed by atoms with E-state index >= 15 is 0 Å². The average Bonchev–Trinajstić information content (AvgIpc) is 2.74. The molecule has 7 heteroatoms. The normalized spacial score (nSPS) is 15.6. The molecule has 1 saturated heterocycles. The minimum absolute atomic E-state index is 0.0813. The lowest BCUT2D eigenvalue weighted by molar-refractivity contribution is -0.139. The van der Waals surface area contributed by atoms with Crippen molar-refractivity contribution in [3.63, 3.8) is 0 Å². The number of carbonyl (C=O) groups is 2. The van der Waals surface area contributed by atoms with Gasteiger partial charge in [-0.1, -0.05) is 49.7 Å². The first kappa shape index (κ1) is 23.1. The Hall–Kier alpha value is -2.60. The van der Waals surface area contributed by atoms with Crippen molar-refractivity contribution in [1.29, 1.82) is 0 Å². The molecule has 31 heavy (non-hydrogen) atoms. The molecule has 1 aliphatic heterocycles. The summed E-state index contributed by atoms with van der Waals surface area (Å²) in [6, 6.07) is 11.8. The van der Waals surface area contributed by atoms with Crippen molar-refractivity contribution in [2.45, 2.75) is 51.7 Å².